The van der Waals surface area contributed by atoms with Gasteiger partial charge in [0.25, 0.3) is 5.91 Å². The van der Waals surface area contributed by atoms with Gasteiger partial charge in [0.2, 0.25) is 0 Å². The maximum absolute atomic E-state index is 12.5. The van der Waals surface area contributed by atoms with Crippen molar-refractivity contribution >= 4 is 17.6 Å². The Hall–Kier alpha value is -2.86. The van der Waals surface area contributed by atoms with Crippen LogP contribution in [0.4, 0.5) is 5.69 Å². The van der Waals surface area contributed by atoms with Crippen molar-refractivity contribution in [3.63, 3.8) is 0 Å². The molecule has 158 valence electrons. The molecule has 1 atom stereocenters. The number of carbonyl (C=O) groups excluding carboxylic acids is 1. The molecule has 1 fully saturated rings. The van der Waals surface area contributed by atoms with Crippen LogP contribution in [0.5, 0.6) is 0 Å². The van der Waals surface area contributed by atoms with E-state index in [9.17, 15) is 4.79 Å². The lowest BCUT2D eigenvalue weighted by molar-refractivity contribution is 0.0857. The number of nitrogens with zero attached hydrogens (tertiary/aromatic N) is 2. The molecule has 0 aromatic heterocycles. The predicted molar refractivity (Wildman–Crippen MR) is 120 cm³/mol. The minimum atomic E-state index is -0.0586. The third kappa shape index (κ3) is 4.82. The standard InChI is InChI=1S/C24H30N4O2/c1-2-25-24(28-13-12-19-8-3-4-11-22(19)28)27-16-18-7-5-9-20(15-18)23(29)26-17-21-10-6-14-30-21/h3-5,7-9,11,15,21H,2,6,10,12-14,16-17H2,1H3,(H,25,27)(H,26,29). The number of aliphatic imine (C=N–C) groups is 1. The van der Waals surface area contributed by atoms with Crippen molar-refractivity contribution in [2.45, 2.75) is 38.8 Å². The third-order valence-electron chi connectivity index (χ3n) is 5.59. The fourth-order valence-electron chi connectivity index (χ4n) is 4.04. The summed E-state index contributed by atoms with van der Waals surface area (Å²) in [4.78, 5) is 19.6. The number of amides is 1. The Kier molecular flexibility index (Phi) is 6.64. The van der Waals surface area contributed by atoms with Crippen LogP contribution in [0.25, 0.3) is 0 Å². The third-order valence-corrected chi connectivity index (χ3v) is 5.59. The first-order valence-electron chi connectivity index (χ1n) is 10.9. The Morgan fingerprint density at radius 3 is 2.93 bits per heavy atom. The molecule has 0 radical (unpaired) electrons. The van der Waals surface area contributed by atoms with Crippen molar-refractivity contribution in [1.82, 2.24) is 10.6 Å². The number of para-hydroxylation sites is 1. The van der Waals surface area contributed by atoms with Crippen molar-refractivity contribution < 1.29 is 9.53 Å². The Morgan fingerprint density at radius 2 is 2.10 bits per heavy atom. The van der Waals surface area contributed by atoms with Gasteiger partial charge in [0.1, 0.15) is 0 Å². The molecule has 2 aromatic carbocycles. The molecule has 2 aromatic rings. The first kappa shape index (κ1) is 20.4. The number of ether oxygens (including phenoxy) is 1. The van der Waals surface area contributed by atoms with Gasteiger partial charge in [-0.25, -0.2) is 4.99 Å². The summed E-state index contributed by atoms with van der Waals surface area (Å²) in [5.41, 5.74) is 4.26. The van der Waals surface area contributed by atoms with Crippen molar-refractivity contribution in [3.8, 4) is 0 Å². The number of hydrogen-bond donors (Lipinski definition) is 2. The summed E-state index contributed by atoms with van der Waals surface area (Å²) in [5.74, 6) is 0.826. The Morgan fingerprint density at radius 1 is 1.20 bits per heavy atom. The van der Waals surface area contributed by atoms with Crippen LogP contribution in [0.15, 0.2) is 53.5 Å². The maximum atomic E-state index is 12.5. The van der Waals surface area contributed by atoms with Gasteiger partial charge in [-0.1, -0.05) is 30.3 Å². The molecule has 30 heavy (non-hydrogen) atoms. The van der Waals surface area contributed by atoms with Gasteiger partial charge < -0.3 is 20.3 Å². The van der Waals surface area contributed by atoms with Crippen LogP contribution in [0.1, 0.15) is 41.3 Å². The molecule has 1 saturated heterocycles. The largest absolute Gasteiger partial charge is 0.376 e. The second kappa shape index (κ2) is 9.76. The predicted octanol–water partition coefficient (Wildman–Crippen LogP) is 3.12. The number of rotatable bonds is 6. The number of carbonyl (C=O) groups is 1. The second-order valence-electron chi connectivity index (χ2n) is 7.75. The molecule has 6 heteroatoms. The molecule has 2 aliphatic rings. The number of anilines is 1. The molecule has 1 amide bonds. The van der Waals surface area contributed by atoms with E-state index in [1.807, 2.05) is 24.3 Å². The molecule has 2 N–H and O–H groups in total. The topological polar surface area (TPSA) is 66.0 Å². The van der Waals surface area contributed by atoms with Gasteiger partial charge in [-0.3, -0.25) is 4.79 Å². The SMILES string of the molecule is CCNC(=NCc1cccc(C(=O)NCC2CCCO2)c1)N1CCc2ccccc21. The van der Waals surface area contributed by atoms with Crippen LogP contribution in [0, 0.1) is 0 Å². The van der Waals surface area contributed by atoms with Crippen LogP contribution >= 0.6 is 0 Å². The number of benzene rings is 2. The molecular formula is C24H30N4O2. The first-order valence-corrected chi connectivity index (χ1v) is 10.9. The molecule has 4 rings (SSSR count). The highest BCUT2D eigenvalue weighted by atomic mass is 16.5. The van der Waals surface area contributed by atoms with Crippen LogP contribution < -0.4 is 15.5 Å². The molecule has 0 aliphatic carbocycles. The van der Waals surface area contributed by atoms with E-state index < -0.39 is 0 Å². The maximum Gasteiger partial charge on any atom is 0.251 e. The minimum Gasteiger partial charge on any atom is -0.376 e. The Labute approximate surface area is 178 Å². The van der Waals surface area contributed by atoms with Crippen molar-refractivity contribution in [2.24, 2.45) is 4.99 Å². The Balaban J connectivity index is 1.43. The van der Waals surface area contributed by atoms with E-state index in [0.717, 1.165) is 50.5 Å². The van der Waals surface area contributed by atoms with Crippen molar-refractivity contribution in [3.05, 3.63) is 65.2 Å². The highest BCUT2D eigenvalue weighted by Gasteiger charge is 2.22. The number of guanidine groups is 1. The molecular weight excluding hydrogens is 376 g/mol. The number of fused-ring (bicyclic) bond motifs is 1. The van der Waals surface area contributed by atoms with Gasteiger partial charge in [-0.15, -0.1) is 0 Å². The fourth-order valence-corrected chi connectivity index (χ4v) is 4.04. The van der Waals surface area contributed by atoms with E-state index in [1.165, 1.54) is 11.3 Å². The lowest BCUT2D eigenvalue weighted by atomic mass is 10.1. The first-order chi connectivity index (χ1) is 14.7. The van der Waals surface area contributed by atoms with Crippen molar-refractivity contribution in [2.75, 3.05) is 31.1 Å². The average molecular weight is 407 g/mol. The summed E-state index contributed by atoms with van der Waals surface area (Å²) in [7, 11) is 0. The lowest BCUT2D eigenvalue weighted by Crippen LogP contribution is -2.40. The van der Waals surface area contributed by atoms with E-state index in [0.29, 0.717) is 18.7 Å². The van der Waals surface area contributed by atoms with E-state index in [1.54, 1.807) is 0 Å². The summed E-state index contributed by atoms with van der Waals surface area (Å²) < 4.78 is 5.58. The molecule has 2 aliphatic heterocycles. The Bertz CT molecular complexity index is 906. The van der Waals surface area contributed by atoms with E-state index in [2.05, 4.69) is 46.7 Å². The summed E-state index contributed by atoms with van der Waals surface area (Å²) in [5, 5.41) is 6.40. The van der Waals surface area contributed by atoms with Gasteiger partial charge >= 0.3 is 0 Å². The summed E-state index contributed by atoms with van der Waals surface area (Å²) in [6.45, 7) is 5.70. The van der Waals surface area contributed by atoms with Gasteiger partial charge in [-0.2, -0.15) is 0 Å². The van der Waals surface area contributed by atoms with Crippen LogP contribution in [0.2, 0.25) is 0 Å². The van der Waals surface area contributed by atoms with E-state index in [-0.39, 0.29) is 12.0 Å². The smallest absolute Gasteiger partial charge is 0.251 e. The van der Waals surface area contributed by atoms with Gasteiger partial charge in [0, 0.05) is 37.5 Å². The summed E-state index contributed by atoms with van der Waals surface area (Å²) in [6, 6.07) is 16.2. The monoisotopic (exact) mass is 406 g/mol. The molecule has 0 saturated carbocycles. The van der Waals surface area contributed by atoms with Crippen LogP contribution in [-0.4, -0.2) is 44.2 Å². The van der Waals surface area contributed by atoms with Crippen LogP contribution in [-0.2, 0) is 17.7 Å². The van der Waals surface area contributed by atoms with Gasteiger partial charge in [0.15, 0.2) is 5.96 Å². The van der Waals surface area contributed by atoms with Gasteiger partial charge in [-0.05, 0) is 55.5 Å². The molecule has 1 unspecified atom stereocenters. The minimum absolute atomic E-state index is 0.0586. The van der Waals surface area contributed by atoms with Crippen LogP contribution in [0.3, 0.4) is 0 Å². The quantitative estimate of drug-likeness (QED) is 0.571. The summed E-state index contributed by atoms with van der Waals surface area (Å²) >= 11 is 0. The molecule has 0 spiro atoms. The number of nitrogens with one attached hydrogen (secondary N) is 2. The number of hydrogen-bond acceptors (Lipinski definition) is 3. The zero-order chi connectivity index (χ0) is 20.8. The highest BCUT2D eigenvalue weighted by molar-refractivity contribution is 5.98. The molecule has 2 heterocycles. The second-order valence-corrected chi connectivity index (χ2v) is 7.75. The zero-order valence-electron chi connectivity index (χ0n) is 17.6. The van der Waals surface area contributed by atoms with Gasteiger partial charge in [0.05, 0.1) is 12.6 Å². The zero-order valence-corrected chi connectivity index (χ0v) is 17.6. The van der Waals surface area contributed by atoms with E-state index >= 15 is 0 Å². The van der Waals surface area contributed by atoms with Crippen molar-refractivity contribution in [1.29, 1.82) is 0 Å². The molecule has 0 bridgehead atoms. The molecule has 6 nitrogen and oxygen atoms in total. The van der Waals surface area contributed by atoms with E-state index in [4.69, 9.17) is 9.73 Å². The normalized spacial score (nSPS) is 18.4. The lowest BCUT2D eigenvalue weighted by Gasteiger charge is -2.22. The highest BCUT2D eigenvalue weighted by Crippen LogP contribution is 2.27. The average Bonchev–Trinajstić information content (AvgIpc) is 3.45. The fraction of sp³-hybridized carbons (Fsp3) is 0.417. The summed E-state index contributed by atoms with van der Waals surface area (Å²) in [6.07, 6.45) is 3.26.